The summed E-state index contributed by atoms with van der Waals surface area (Å²) >= 11 is 0. The van der Waals surface area contributed by atoms with Crippen LogP contribution in [-0.2, 0) is 14.3 Å². The first-order chi connectivity index (χ1) is 4.43. The molecule has 1 saturated heterocycles. The maximum atomic E-state index is 9.76. The molecule has 1 aliphatic heterocycles. The van der Waals surface area contributed by atoms with Gasteiger partial charge in [0.15, 0.2) is 6.29 Å². The Kier molecular flexibility index (Phi) is 2.42. The molecule has 9 heavy (non-hydrogen) atoms. The van der Waals surface area contributed by atoms with Gasteiger partial charge in [-0.1, -0.05) is 0 Å². The molecule has 3 nitrogen and oxygen atoms in total. The van der Waals surface area contributed by atoms with Gasteiger partial charge in [-0.2, -0.15) is 0 Å². The van der Waals surface area contributed by atoms with Crippen molar-refractivity contribution in [2.75, 3.05) is 13.2 Å². The Balaban J connectivity index is 2.25. The molecule has 0 aromatic rings. The van der Waals surface area contributed by atoms with E-state index in [2.05, 4.69) is 0 Å². The van der Waals surface area contributed by atoms with Crippen LogP contribution in [0.5, 0.6) is 0 Å². The smallest absolute Gasteiger partial charge is 0.177 e. The highest BCUT2D eigenvalue weighted by Crippen LogP contribution is 2.03. The largest absolute Gasteiger partial charge is 0.347 e. The molecule has 0 unspecified atom stereocenters. The summed E-state index contributed by atoms with van der Waals surface area (Å²) in [7, 11) is 0. The van der Waals surface area contributed by atoms with E-state index in [1.54, 1.807) is 6.08 Å². The van der Waals surface area contributed by atoms with Gasteiger partial charge in [-0.25, -0.2) is 0 Å². The fourth-order valence-electron chi connectivity index (χ4n) is 0.624. The molecule has 0 bridgehead atoms. The highest BCUT2D eigenvalue weighted by atomic mass is 16.7. The van der Waals surface area contributed by atoms with Gasteiger partial charge in [0.2, 0.25) is 0 Å². The van der Waals surface area contributed by atoms with Crippen LogP contribution in [0.3, 0.4) is 0 Å². The minimum absolute atomic E-state index is 0.296. The van der Waals surface area contributed by atoms with Crippen molar-refractivity contribution in [2.24, 2.45) is 0 Å². The van der Waals surface area contributed by atoms with Gasteiger partial charge in [0, 0.05) is 0 Å². The summed E-state index contributed by atoms with van der Waals surface area (Å²) in [6, 6.07) is 0. The van der Waals surface area contributed by atoms with Crippen LogP contribution in [0, 0.1) is 0 Å². The minimum Gasteiger partial charge on any atom is -0.347 e. The van der Waals surface area contributed by atoms with Crippen LogP contribution >= 0.6 is 0 Å². The Morgan fingerprint density at radius 1 is 1.33 bits per heavy atom. The number of carbonyl (C=O) groups is 1. The molecule has 50 valence electrons. The Hall–Kier alpha value is -0.670. The zero-order valence-electron chi connectivity index (χ0n) is 4.95. The summed E-state index contributed by atoms with van der Waals surface area (Å²) in [5.74, 6) is 0. The molecule has 0 aromatic heterocycles. The second kappa shape index (κ2) is 3.37. The van der Waals surface area contributed by atoms with Crippen molar-refractivity contribution in [1.29, 1.82) is 0 Å². The van der Waals surface area contributed by atoms with Gasteiger partial charge in [-0.05, 0) is 12.2 Å². The lowest BCUT2D eigenvalue weighted by Crippen LogP contribution is -2.01. The van der Waals surface area contributed by atoms with E-state index in [1.807, 2.05) is 0 Å². The Bertz CT molecular complexity index is 113. The molecule has 1 rings (SSSR count). The molecular weight excluding hydrogens is 120 g/mol. The first-order valence-electron chi connectivity index (χ1n) is 2.78. The predicted octanol–water partition coefficient (Wildman–Crippen LogP) is 0.114. The average Bonchev–Trinajstić information content (AvgIpc) is 2.34. The van der Waals surface area contributed by atoms with Crippen molar-refractivity contribution < 1.29 is 14.3 Å². The number of ether oxygens (including phenoxy) is 2. The summed E-state index contributed by atoms with van der Waals surface area (Å²) in [6.45, 7) is 1.24. The number of allylic oxidation sites excluding steroid dienone is 1. The lowest BCUT2D eigenvalue weighted by Gasteiger charge is -1.98. The molecule has 1 heterocycles. The van der Waals surface area contributed by atoms with Crippen LogP contribution in [-0.4, -0.2) is 25.8 Å². The van der Waals surface area contributed by atoms with Crippen molar-refractivity contribution in [3.05, 3.63) is 12.2 Å². The normalized spacial score (nSPS) is 21.3. The van der Waals surface area contributed by atoms with Crippen LogP contribution < -0.4 is 0 Å². The summed E-state index contributed by atoms with van der Waals surface area (Å²) in [5, 5.41) is 0. The van der Waals surface area contributed by atoms with E-state index in [0.29, 0.717) is 19.5 Å². The van der Waals surface area contributed by atoms with Crippen molar-refractivity contribution in [2.45, 2.75) is 6.29 Å². The molecule has 0 aromatic carbocycles. The third-order valence-corrected chi connectivity index (χ3v) is 0.994. The average molecular weight is 128 g/mol. The second-order valence-electron chi connectivity index (χ2n) is 1.63. The fraction of sp³-hybridized carbons (Fsp3) is 0.500. The van der Waals surface area contributed by atoms with Gasteiger partial charge in [0.25, 0.3) is 0 Å². The standard InChI is InChI=1S/C6H8O3/c7-3-1-2-6-8-4-5-9-6/h1-3,6H,4-5H2. The summed E-state index contributed by atoms with van der Waals surface area (Å²) < 4.78 is 9.97. The molecule has 1 aliphatic rings. The van der Waals surface area contributed by atoms with E-state index < -0.39 is 0 Å². The fourth-order valence-corrected chi connectivity index (χ4v) is 0.624. The zero-order chi connectivity index (χ0) is 6.53. The number of rotatable bonds is 2. The first kappa shape index (κ1) is 6.45. The number of hydrogen-bond acceptors (Lipinski definition) is 3. The van der Waals surface area contributed by atoms with E-state index in [1.165, 1.54) is 6.08 Å². The number of carbonyl (C=O) groups excluding carboxylic acids is 1. The topological polar surface area (TPSA) is 35.5 Å². The van der Waals surface area contributed by atoms with Crippen molar-refractivity contribution in [3.8, 4) is 0 Å². The molecule has 0 amide bonds. The molecule has 3 heteroatoms. The SMILES string of the molecule is O=CC=CC1OCCO1. The van der Waals surface area contributed by atoms with Crippen LogP contribution in [0.15, 0.2) is 12.2 Å². The maximum absolute atomic E-state index is 9.76. The van der Waals surface area contributed by atoms with E-state index in [4.69, 9.17) is 9.47 Å². The van der Waals surface area contributed by atoms with Gasteiger partial charge in [0.05, 0.1) is 13.2 Å². The van der Waals surface area contributed by atoms with Gasteiger partial charge in [0.1, 0.15) is 6.29 Å². The van der Waals surface area contributed by atoms with E-state index in [0.717, 1.165) is 0 Å². The Morgan fingerprint density at radius 2 is 2.00 bits per heavy atom. The van der Waals surface area contributed by atoms with Crippen molar-refractivity contribution in [3.63, 3.8) is 0 Å². The van der Waals surface area contributed by atoms with E-state index in [9.17, 15) is 4.79 Å². The summed E-state index contributed by atoms with van der Waals surface area (Å²) in [5.41, 5.74) is 0. The van der Waals surface area contributed by atoms with Crippen LogP contribution in [0.25, 0.3) is 0 Å². The lowest BCUT2D eigenvalue weighted by molar-refractivity contribution is -0.104. The highest BCUT2D eigenvalue weighted by Gasteiger charge is 2.10. The minimum atomic E-state index is -0.296. The highest BCUT2D eigenvalue weighted by molar-refractivity contribution is 5.64. The third kappa shape index (κ3) is 1.95. The number of aldehydes is 1. The van der Waals surface area contributed by atoms with E-state index in [-0.39, 0.29) is 6.29 Å². The monoisotopic (exact) mass is 128 g/mol. The van der Waals surface area contributed by atoms with Crippen LogP contribution in [0.4, 0.5) is 0 Å². The van der Waals surface area contributed by atoms with Gasteiger partial charge in [-0.15, -0.1) is 0 Å². The molecule has 0 spiro atoms. The van der Waals surface area contributed by atoms with Crippen LogP contribution in [0.1, 0.15) is 0 Å². The molecule has 0 aliphatic carbocycles. The second-order valence-corrected chi connectivity index (χ2v) is 1.63. The molecule has 0 saturated carbocycles. The van der Waals surface area contributed by atoms with Crippen LogP contribution in [0.2, 0.25) is 0 Å². The van der Waals surface area contributed by atoms with Crippen molar-refractivity contribution >= 4 is 6.29 Å². The molecule has 0 atom stereocenters. The molecule has 0 N–H and O–H groups in total. The third-order valence-electron chi connectivity index (χ3n) is 0.994. The molecular formula is C6H8O3. The van der Waals surface area contributed by atoms with Crippen molar-refractivity contribution in [1.82, 2.24) is 0 Å². The quantitative estimate of drug-likeness (QED) is 0.391. The molecule has 0 radical (unpaired) electrons. The van der Waals surface area contributed by atoms with E-state index >= 15 is 0 Å². The van der Waals surface area contributed by atoms with Gasteiger partial charge >= 0.3 is 0 Å². The Labute approximate surface area is 53.3 Å². The maximum Gasteiger partial charge on any atom is 0.177 e. The predicted molar refractivity (Wildman–Crippen MR) is 30.9 cm³/mol. The first-order valence-corrected chi connectivity index (χ1v) is 2.78. The molecule has 1 fully saturated rings. The van der Waals surface area contributed by atoms with Gasteiger partial charge < -0.3 is 9.47 Å². The number of hydrogen-bond donors (Lipinski definition) is 0. The summed E-state index contributed by atoms with van der Waals surface area (Å²) in [4.78, 5) is 9.76. The zero-order valence-corrected chi connectivity index (χ0v) is 4.95. The van der Waals surface area contributed by atoms with Gasteiger partial charge in [-0.3, -0.25) is 4.79 Å². The Morgan fingerprint density at radius 3 is 2.56 bits per heavy atom. The lowest BCUT2D eigenvalue weighted by atomic mass is 10.5. The summed E-state index contributed by atoms with van der Waals surface area (Å²) in [6.07, 6.45) is 3.36.